The Morgan fingerprint density at radius 3 is 2.63 bits per heavy atom. The molecule has 0 saturated carbocycles. The zero-order valence-electron chi connectivity index (χ0n) is 22.4. The number of hydrogen-bond donors (Lipinski definition) is 1. The zero-order valence-corrected chi connectivity index (χ0v) is 25.4. The number of nitrogens with one attached hydrogen (secondary N) is 1. The molecule has 41 heavy (non-hydrogen) atoms. The molecule has 0 aliphatic carbocycles. The van der Waals surface area contributed by atoms with Crippen molar-refractivity contribution in [3.05, 3.63) is 110 Å². The molecule has 11 heteroatoms. The lowest BCUT2D eigenvalue weighted by Crippen LogP contribution is -2.29. The van der Waals surface area contributed by atoms with Gasteiger partial charge in [0.25, 0.3) is 0 Å². The van der Waals surface area contributed by atoms with Crippen molar-refractivity contribution in [2.45, 2.75) is 43.8 Å². The van der Waals surface area contributed by atoms with E-state index in [4.69, 9.17) is 54.4 Å². The van der Waals surface area contributed by atoms with Crippen molar-refractivity contribution in [3.63, 3.8) is 0 Å². The number of thioether (sulfide) groups is 1. The molecular formula is C30H27Cl3N4O3S. The molecule has 1 atom stereocenters. The first-order chi connectivity index (χ1) is 19.8. The van der Waals surface area contributed by atoms with Gasteiger partial charge in [0, 0.05) is 32.1 Å². The predicted molar refractivity (Wildman–Crippen MR) is 164 cm³/mol. The van der Waals surface area contributed by atoms with Crippen molar-refractivity contribution in [3.8, 4) is 5.75 Å². The quantitative estimate of drug-likeness (QED) is 0.140. The number of carbonyl (C=O) groups is 1. The van der Waals surface area contributed by atoms with E-state index in [1.54, 1.807) is 16.8 Å². The van der Waals surface area contributed by atoms with Gasteiger partial charge in [0.1, 0.15) is 18.4 Å². The molecule has 2 heterocycles. The lowest BCUT2D eigenvalue weighted by Gasteiger charge is -2.28. The van der Waals surface area contributed by atoms with Gasteiger partial charge in [0.05, 0.1) is 12.2 Å². The Labute approximate surface area is 257 Å². The maximum Gasteiger partial charge on any atom is 0.338 e. The van der Waals surface area contributed by atoms with Gasteiger partial charge in [-0.3, -0.25) is 0 Å². The summed E-state index contributed by atoms with van der Waals surface area (Å²) in [7, 11) is 0. The fourth-order valence-electron chi connectivity index (χ4n) is 4.37. The smallest absolute Gasteiger partial charge is 0.338 e. The monoisotopic (exact) mass is 628 g/mol. The van der Waals surface area contributed by atoms with Gasteiger partial charge >= 0.3 is 5.97 Å². The van der Waals surface area contributed by atoms with Gasteiger partial charge in [-0.2, -0.15) is 4.98 Å². The van der Waals surface area contributed by atoms with Gasteiger partial charge in [-0.25, -0.2) is 9.48 Å². The average molecular weight is 630 g/mol. The molecule has 5 rings (SSSR count). The molecule has 1 aliphatic rings. The minimum atomic E-state index is -0.583. The van der Waals surface area contributed by atoms with E-state index in [2.05, 4.69) is 5.32 Å². The number of nitrogens with zero attached hydrogens (tertiary/aromatic N) is 3. The fraction of sp³-hybridized carbons (Fsp3) is 0.233. The Morgan fingerprint density at radius 1 is 1.02 bits per heavy atom. The van der Waals surface area contributed by atoms with E-state index in [1.165, 1.54) is 11.8 Å². The molecule has 0 amide bonds. The Kier molecular flexibility index (Phi) is 9.45. The third-order valence-corrected chi connectivity index (χ3v) is 8.23. The summed E-state index contributed by atoms with van der Waals surface area (Å²) in [5.74, 6) is 1.33. The fourth-order valence-corrected chi connectivity index (χ4v) is 5.95. The summed E-state index contributed by atoms with van der Waals surface area (Å²) in [5, 5.41) is 10.4. The summed E-state index contributed by atoms with van der Waals surface area (Å²) >= 11 is 20.2. The maximum absolute atomic E-state index is 13.3. The highest BCUT2D eigenvalue weighted by Crippen LogP contribution is 2.38. The van der Waals surface area contributed by atoms with E-state index in [9.17, 15) is 4.79 Å². The van der Waals surface area contributed by atoms with E-state index in [1.807, 2.05) is 68.4 Å². The standard InChI is InChI=1S/C30H27Cl3N4O3S/c1-3-13-39-28(38)26-18(2)34-29-35-30(41-17-21-7-4-5-10-24(21)32)36-37(29)27(26)19-8-6-9-23(14-19)40-16-20-11-12-22(31)15-25(20)33/h4-12,14-15,27H,3,13,16-17H2,1-2H3,(H,34,35,36). The summed E-state index contributed by atoms with van der Waals surface area (Å²) in [5.41, 5.74) is 3.69. The maximum atomic E-state index is 13.3. The van der Waals surface area contributed by atoms with Gasteiger partial charge in [0.15, 0.2) is 0 Å². The molecule has 0 bridgehead atoms. The number of fused-ring (bicyclic) bond motifs is 1. The van der Waals surface area contributed by atoms with Crippen LogP contribution in [0.5, 0.6) is 5.75 Å². The van der Waals surface area contributed by atoms with E-state index in [0.717, 1.165) is 16.7 Å². The topological polar surface area (TPSA) is 78.3 Å². The number of ether oxygens (including phenoxy) is 2. The van der Waals surface area contributed by atoms with Crippen LogP contribution in [0.1, 0.15) is 43.0 Å². The van der Waals surface area contributed by atoms with E-state index in [0.29, 0.717) is 62.0 Å². The molecule has 0 fully saturated rings. The molecule has 0 saturated heterocycles. The molecule has 4 aromatic rings. The SMILES string of the molecule is CCCOC(=O)C1=C(C)Nc2nc(SCc3ccccc3Cl)nn2C1c1cccc(OCc2ccc(Cl)cc2Cl)c1. The molecule has 0 radical (unpaired) electrons. The summed E-state index contributed by atoms with van der Waals surface area (Å²) in [6.07, 6.45) is 0.712. The Balaban J connectivity index is 1.46. The van der Waals surface area contributed by atoms with Crippen LogP contribution < -0.4 is 10.1 Å². The minimum absolute atomic E-state index is 0.253. The van der Waals surface area contributed by atoms with Crippen LogP contribution in [0.25, 0.3) is 0 Å². The van der Waals surface area contributed by atoms with Crippen LogP contribution >= 0.6 is 46.6 Å². The van der Waals surface area contributed by atoms with Crippen LogP contribution in [0.15, 0.2) is 83.2 Å². The second kappa shape index (κ2) is 13.2. The van der Waals surface area contributed by atoms with Crippen LogP contribution in [-0.4, -0.2) is 27.3 Å². The number of benzene rings is 3. The number of esters is 1. The van der Waals surface area contributed by atoms with Crippen molar-refractivity contribution in [1.82, 2.24) is 14.8 Å². The number of carbonyl (C=O) groups excluding carboxylic acids is 1. The second-order valence-corrected chi connectivity index (χ2v) is 11.5. The number of rotatable bonds is 10. The highest BCUT2D eigenvalue weighted by molar-refractivity contribution is 7.98. The molecule has 7 nitrogen and oxygen atoms in total. The van der Waals surface area contributed by atoms with E-state index >= 15 is 0 Å². The molecular weight excluding hydrogens is 603 g/mol. The molecule has 1 aromatic heterocycles. The van der Waals surface area contributed by atoms with Crippen LogP contribution in [0.3, 0.4) is 0 Å². The lowest BCUT2D eigenvalue weighted by molar-refractivity contribution is -0.139. The highest BCUT2D eigenvalue weighted by Gasteiger charge is 2.35. The summed E-state index contributed by atoms with van der Waals surface area (Å²) in [4.78, 5) is 18.0. The first-order valence-electron chi connectivity index (χ1n) is 13.0. The highest BCUT2D eigenvalue weighted by atomic mass is 35.5. The van der Waals surface area contributed by atoms with Gasteiger partial charge in [0.2, 0.25) is 11.1 Å². The second-order valence-electron chi connectivity index (χ2n) is 9.34. The third kappa shape index (κ3) is 6.84. The molecule has 1 N–H and O–H groups in total. The van der Waals surface area contributed by atoms with Crippen LogP contribution in [-0.2, 0) is 21.9 Å². The van der Waals surface area contributed by atoms with E-state index in [-0.39, 0.29) is 6.61 Å². The Morgan fingerprint density at radius 2 is 1.85 bits per heavy atom. The third-order valence-electron chi connectivity index (χ3n) is 6.39. The zero-order chi connectivity index (χ0) is 28.9. The lowest BCUT2D eigenvalue weighted by atomic mass is 9.95. The van der Waals surface area contributed by atoms with Crippen molar-refractivity contribution >= 4 is 58.5 Å². The van der Waals surface area contributed by atoms with Crippen molar-refractivity contribution in [1.29, 1.82) is 0 Å². The van der Waals surface area contributed by atoms with E-state index < -0.39 is 12.0 Å². The van der Waals surface area contributed by atoms with Crippen molar-refractivity contribution in [2.24, 2.45) is 0 Å². The van der Waals surface area contributed by atoms with Gasteiger partial charge in [-0.1, -0.05) is 89.9 Å². The predicted octanol–water partition coefficient (Wildman–Crippen LogP) is 8.35. The largest absolute Gasteiger partial charge is 0.489 e. The number of allylic oxidation sites excluding steroid dienone is 1. The molecule has 3 aromatic carbocycles. The molecule has 1 unspecified atom stereocenters. The minimum Gasteiger partial charge on any atom is -0.489 e. The van der Waals surface area contributed by atoms with Crippen LogP contribution in [0.2, 0.25) is 15.1 Å². The normalized spacial score (nSPS) is 14.4. The van der Waals surface area contributed by atoms with Gasteiger partial charge in [-0.15, -0.1) is 5.10 Å². The van der Waals surface area contributed by atoms with Crippen molar-refractivity contribution < 1.29 is 14.3 Å². The van der Waals surface area contributed by atoms with Gasteiger partial charge in [-0.05, 0) is 54.8 Å². The Hall–Kier alpha value is -3.17. The number of hydrogen-bond acceptors (Lipinski definition) is 7. The Bertz CT molecular complexity index is 1610. The summed E-state index contributed by atoms with van der Waals surface area (Å²) in [6, 6.07) is 19.9. The van der Waals surface area contributed by atoms with Crippen LogP contribution in [0, 0.1) is 0 Å². The molecule has 212 valence electrons. The van der Waals surface area contributed by atoms with Gasteiger partial charge < -0.3 is 14.8 Å². The van der Waals surface area contributed by atoms with Crippen molar-refractivity contribution in [2.75, 3.05) is 11.9 Å². The average Bonchev–Trinajstić information content (AvgIpc) is 3.36. The molecule has 1 aliphatic heterocycles. The number of anilines is 1. The summed E-state index contributed by atoms with van der Waals surface area (Å²) in [6.45, 7) is 4.36. The number of aromatic nitrogens is 3. The van der Waals surface area contributed by atoms with Crippen LogP contribution in [0.4, 0.5) is 5.95 Å². The molecule has 0 spiro atoms. The first kappa shape index (κ1) is 29.3. The summed E-state index contributed by atoms with van der Waals surface area (Å²) < 4.78 is 13.4. The number of halogens is 3. The first-order valence-corrected chi connectivity index (χ1v) is 15.1.